The lowest BCUT2D eigenvalue weighted by Crippen LogP contribution is -2.46. The zero-order valence-corrected chi connectivity index (χ0v) is 13.0. The number of aromatic hydroxyl groups is 1. The Balaban J connectivity index is 0.00000161. The molecule has 3 rings (SSSR count). The smallest absolute Gasteiger partial charge is 0.165 e. The fourth-order valence-electron chi connectivity index (χ4n) is 3.72. The van der Waals surface area contributed by atoms with Gasteiger partial charge in [-0.15, -0.1) is 12.4 Å². The lowest BCUT2D eigenvalue weighted by atomic mass is 9.89. The number of phenols is 1. The lowest BCUT2D eigenvalue weighted by molar-refractivity contribution is 0.125. The highest BCUT2D eigenvalue weighted by Crippen LogP contribution is 2.40. The van der Waals surface area contributed by atoms with Gasteiger partial charge in [-0.05, 0) is 36.5 Å². The van der Waals surface area contributed by atoms with Gasteiger partial charge in [-0.1, -0.05) is 18.9 Å². The Morgan fingerprint density at radius 3 is 2.48 bits per heavy atom. The molecule has 0 amide bonds. The van der Waals surface area contributed by atoms with Crippen molar-refractivity contribution in [3.63, 3.8) is 0 Å². The Morgan fingerprint density at radius 2 is 1.86 bits per heavy atom. The summed E-state index contributed by atoms with van der Waals surface area (Å²) in [7, 11) is 0. The summed E-state index contributed by atoms with van der Waals surface area (Å²) in [6, 6.07) is 5.22. The van der Waals surface area contributed by atoms with Crippen LogP contribution in [0.5, 0.6) is 5.75 Å². The number of piperazine rings is 1. The minimum atomic E-state index is -0.499. The van der Waals surface area contributed by atoms with E-state index < -0.39 is 5.82 Å². The maximum atomic E-state index is 13.7. The SMILES string of the molecule is Cl.Oc1ccc([C@H](C2CCCC2)N2CCNCC2)cc1F. The number of rotatable bonds is 3. The van der Waals surface area contributed by atoms with E-state index in [0.717, 1.165) is 31.7 Å². The van der Waals surface area contributed by atoms with Crippen molar-refractivity contribution in [3.05, 3.63) is 29.6 Å². The molecule has 0 spiro atoms. The summed E-state index contributed by atoms with van der Waals surface area (Å²) in [4.78, 5) is 2.48. The predicted octanol–water partition coefficient (Wildman–Crippen LogP) is 3.09. The van der Waals surface area contributed by atoms with Crippen LogP contribution in [-0.4, -0.2) is 36.2 Å². The summed E-state index contributed by atoms with van der Waals surface area (Å²) in [5, 5.41) is 12.8. The fraction of sp³-hybridized carbons (Fsp3) is 0.625. The molecule has 118 valence electrons. The summed E-state index contributed by atoms with van der Waals surface area (Å²) in [6.45, 7) is 4.04. The van der Waals surface area contributed by atoms with E-state index in [4.69, 9.17) is 0 Å². The number of halogens is 2. The normalized spacial score (nSPS) is 22.0. The molecule has 0 bridgehead atoms. The number of benzene rings is 1. The lowest BCUT2D eigenvalue weighted by Gasteiger charge is -2.38. The highest BCUT2D eigenvalue weighted by molar-refractivity contribution is 5.85. The molecule has 21 heavy (non-hydrogen) atoms. The molecule has 1 saturated carbocycles. The number of nitrogens with zero attached hydrogens (tertiary/aromatic N) is 1. The first kappa shape index (κ1) is 16.5. The maximum Gasteiger partial charge on any atom is 0.165 e. The maximum absolute atomic E-state index is 13.7. The quantitative estimate of drug-likeness (QED) is 0.900. The first-order chi connectivity index (χ1) is 9.75. The van der Waals surface area contributed by atoms with Gasteiger partial charge in [0.1, 0.15) is 0 Å². The first-order valence-corrected chi connectivity index (χ1v) is 7.69. The van der Waals surface area contributed by atoms with Crippen molar-refractivity contribution in [1.29, 1.82) is 0 Å². The third-order valence-corrected chi connectivity index (χ3v) is 4.70. The van der Waals surface area contributed by atoms with Crippen LogP contribution in [0.15, 0.2) is 18.2 Å². The Kier molecular flexibility index (Phi) is 5.85. The minimum absolute atomic E-state index is 0. The number of nitrogens with one attached hydrogen (secondary N) is 1. The van der Waals surface area contributed by atoms with Gasteiger partial charge in [0.15, 0.2) is 11.6 Å². The predicted molar refractivity (Wildman–Crippen MR) is 84.5 cm³/mol. The molecule has 5 heteroatoms. The second kappa shape index (κ2) is 7.43. The minimum Gasteiger partial charge on any atom is -0.505 e. The van der Waals surface area contributed by atoms with E-state index in [0.29, 0.717) is 12.0 Å². The number of hydrogen-bond donors (Lipinski definition) is 2. The van der Waals surface area contributed by atoms with E-state index in [1.807, 2.05) is 6.07 Å². The van der Waals surface area contributed by atoms with Gasteiger partial charge in [0.2, 0.25) is 0 Å². The summed E-state index contributed by atoms with van der Waals surface area (Å²) >= 11 is 0. The van der Waals surface area contributed by atoms with E-state index in [1.54, 1.807) is 0 Å². The summed E-state index contributed by atoms with van der Waals surface area (Å²) in [6.07, 6.45) is 5.04. The molecule has 2 N–H and O–H groups in total. The van der Waals surface area contributed by atoms with Crippen LogP contribution in [-0.2, 0) is 0 Å². The van der Waals surface area contributed by atoms with Crippen LogP contribution >= 0.6 is 12.4 Å². The Bertz CT molecular complexity index is 460. The van der Waals surface area contributed by atoms with Crippen LogP contribution in [0.1, 0.15) is 37.3 Å². The average Bonchev–Trinajstić information content (AvgIpc) is 2.98. The van der Waals surface area contributed by atoms with E-state index in [2.05, 4.69) is 10.2 Å². The summed E-state index contributed by atoms with van der Waals surface area (Å²) in [5.74, 6) is -0.128. The molecular formula is C16H24ClFN2O. The highest BCUT2D eigenvalue weighted by Gasteiger charge is 2.32. The molecular weight excluding hydrogens is 291 g/mol. The van der Waals surface area contributed by atoms with Gasteiger partial charge < -0.3 is 10.4 Å². The van der Waals surface area contributed by atoms with Crippen molar-refractivity contribution in [1.82, 2.24) is 10.2 Å². The van der Waals surface area contributed by atoms with Crippen molar-refractivity contribution in [2.75, 3.05) is 26.2 Å². The van der Waals surface area contributed by atoms with Crippen LogP contribution in [0.3, 0.4) is 0 Å². The molecule has 0 aromatic heterocycles. The summed E-state index contributed by atoms with van der Waals surface area (Å²) < 4.78 is 13.7. The third-order valence-electron chi connectivity index (χ3n) is 4.70. The third kappa shape index (κ3) is 3.68. The molecule has 1 aromatic carbocycles. The van der Waals surface area contributed by atoms with Crippen molar-refractivity contribution >= 4 is 12.4 Å². The monoisotopic (exact) mass is 314 g/mol. The molecule has 1 saturated heterocycles. The highest BCUT2D eigenvalue weighted by atomic mass is 35.5. The molecule has 2 fully saturated rings. The molecule has 0 radical (unpaired) electrons. The van der Waals surface area contributed by atoms with Crippen molar-refractivity contribution < 1.29 is 9.50 Å². The van der Waals surface area contributed by atoms with Gasteiger partial charge in [0, 0.05) is 32.2 Å². The molecule has 3 nitrogen and oxygen atoms in total. The number of hydrogen-bond acceptors (Lipinski definition) is 3. The van der Waals surface area contributed by atoms with Gasteiger partial charge in [-0.3, -0.25) is 4.90 Å². The Morgan fingerprint density at radius 1 is 1.19 bits per heavy atom. The van der Waals surface area contributed by atoms with Gasteiger partial charge in [-0.25, -0.2) is 4.39 Å². The molecule has 1 atom stereocenters. The molecule has 1 aliphatic carbocycles. The van der Waals surface area contributed by atoms with Crippen LogP contribution in [0.2, 0.25) is 0 Å². The molecule has 2 aliphatic rings. The van der Waals surface area contributed by atoms with Gasteiger partial charge in [0.25, 0.3) is 0 Å². The zero-order chi connectivity index (χ0) is 13.9. The average molecular weight is 315 g/mol. The van der Waals surface area contributed by atoms with Crippen molar-refractivity contribution in [3.8, 4) is 5.75 Å². The number of phenolic OH excluding ortho intramolecular Hbond substituents is 1. The second-order valence-electron chi connectivity index (χ2n) is 5.99. The first-order valence-electron chi connectivity index (χ1n) is 7.69. The van der Waals surface area contributed by atoms with Crippen LogP contribution in [0.25, 0.3) is 0 Å². The molecule has 1 aromatic rings. The van der Waals surface area contributed by atoms with Crippen LogP contribution in [0.4, 0.5) is 4.39 Å². The molecule has 1 heterocycles. The Hall–Kier alpha value is -0.840. The van der Waals surface area contributed by atoms with Crippen molar-refractivity contribution in [2.24, 2.45) is 5.92 Å². The van der Waals surface area contributed by atoms with Crippen LogP contribution in [0, 0.1) is 11.7 Å². The zero-order valence-electron chi connectivity index (χ0n) is 12.2. The van der Waals surface area contributed by atoms with Crippen LogP contribution < -0.4 is 5.32 Å². The van der Waals surface area contributed by atoms with Gasteiger partial charge in [-0.2, -0.15) is 0 Å². The van der Waals surface area contributed by atoms with Crippen molar-refractivity contribution in [2.45, 2.75) is 31.7 Å². The second-order valence-corrected chi connectivity index (χ2v) is 5.99. The summed E-state index contributed by atoms with van der Waals surface area (Å²) in [5.41, 5.74) is 1.02. The van der Waals surface area contributed by atoms with Gasteiger partial charge >= 0.3 is 0 Å². The van der Waals surface area contributed by atoms with E-state index in [1.165, 1.54) is 37.8 Å². The van der Waals surface area contributed by atoms with Gasteiger partial charge in [0.05, 0.1) is 0 Å². The molecule has 1 aliphatic heterocycles. The van der Waals surface area contributed by atoms with E-state index >= 15 is 0 Å². The topological polar surface area (TPSA) is 35.5 Å². The van der Waals surface area contributed by atoms with E-state index in [-0.39, 0.29) is 18.2 Å². The largest absolute Gasteiger partial charge is 0.505 e. The fourth-order valence-corrected chi connectivity index (χ4v) is 3.72. The van der Waals surface area contributed by atoms with E-state index in [9.17, 15) is 9.50 Å². The molecule has 0 unspecified atom stereocenters. The Labute approximate surface area is 131 Å². The standard InChI is InChI=1S/C16H23FN2O.ClH/c17-14-11-13(5-6-15(14)20)16(12-3-1-2-4-12)19-9-7-18-8-10-19;/h5-6,11-12,16,18,20H,1-4,7-10H2;1H/t16-;/m0./s1.